The lowest BCUT2D eigenvalue weighted by molar-refractivity contribution is 0.415. The molecule has 0 radical (unpaired) electrons. The Kier molecular flexibility index (Phi) is 3.41. The number of methoxy groups -OCH3 is 1. The minimum absolute atomic E-state index is 0.837. The molecule has 2 aromatic heterocycles. The zero-order valence-corrected chi connectivity index (χ0v) is 13.5. The first-order chi connectivity index (χ1) is 11.2. The number of benzene rings is 1. The standard InChI is InChI=1S/C18H20N4O/c1-13-10-18(21-8-3-4-9-21)22-17(19-13)12-16(20-22)14-6-5-7-15(11-14)23-2/h5-7,10-12H,3-4,8-9H2,1-2H3. The van der Waals surface area contributed by atoms with E-state index in [0.29, 0.717) is 0 Å². The van der Waals surface area contributed by atoms with E-state index in [1.54, 1.807) is 7.11 Å². The van der Waals surface area contributed by atoms with Crippen molar-refractivity contribution in [3.8, 4) is 17.0 Å². The second-order valence-corrected chi connectivity index (χ2v) is 5.98. The van der Waals surface area contributed by atoms with Crippen molar-refractivity contribution >= 4 is 11.5 Å². The Labute approximate surface area is 135 Å². The summed E-state index contributed by atoms with van der Waals surface area (Å²) >= 11 is 0. The van der Waals surface area contributed by atoms with Crippen LogP contribution in [0.15, 0.2) is 36.4 Å². The Balaban J connectivity index is 1.85. The molecule has 0 atom stereocenters. The van der Waals surface area contributed by atoms with Gasteiger partial charge < -0.3 is 9.64 Å². The summed E-state index contributed by atoms with van der Waals surface area (Å²) in [6, 6.07) is 12.1. The molecule has 5 nitrogen and oxygen atoms in total. The van der Waals surface area contributed by atoms with Crippen LogP contribution in [0.3, 0.4) is 0 Å². The predicted molar refractivity (Wildman–Crippen MR) is 91.2 cm³/mol. The fraction of sp³-hybridized carbons (Fsp3) is 0.333. The van der Waals surface area contributed by atoms with E-state index >= 15 is 0 Å². The van der Waals surface area contributed by atoms with E-state index < -0.39 is 0 Å². The molecule has 1 saturated heterocycles. The van der Waals surface area contributed by atoms with Crippen molar-refractivity contribution in [1.82, 2.24) is 14.6 Å². The molecule has 3 aromatic rings. The highest BCUT2D eigenvalue weighted by Crippen LogP contribution is 2.27. The Morgan fingerprint density at radius 1 is 1.09 bits per heavy atom. The molecule has 23 heavy (non-hydrogen) atoms. The highest BCUT2D eigenvalue weighted by atomic mass is 16.5. The number of aryl methyl sites for hydroxylation is 1. The smallest absolute Gasteiger partial charge is 0.158 e. The van der Waals surface area contributed by atoms with Crippen molar-refractivity contribution < 1.29 is 4.74 Å². The minimum atomic E-state index is 0.837. The fourth-order valence-electron chi connectivity index (χ4n) is 3.18. The first-order valence-corrected chi connectivity index (χ1v) is 8.01. The van der Waals surface area contributed by atoms with E-state index in [-0.39, 0.29) is 0 Å². The Morgan fingerprint density at radius 2 is 1.91 bits per heavy atom. The SMILES string of the molecule is COc1cccc(-c2cc3nc(C)cc(N4CCCC4)n3n2)c1. The van der Waals surface area contributed by atoms with Crippen LogP contribution in [0.25, 0.3) is 16.9 Å². The summed E-state index contributed by atoms with van der Waals surface area (Å²) in [6.45, 7) is 4.22. The number of ether oxygens (including phenoxy) is 1. The third kappa shape index (κ3) is 2.52. The summed E-state index contributed by atoms with van der Waals surface area (Å²) in [6.07, 6.45) is 2.49. The van der Waals surface area contributed by atoms with Crippen molar-refractivity contribution in [2.45, 2.75) is 19.8 Å². The molecule has 5 heteroatoms. The van der Waals surface area contributed by atoms with Crippen LogP contribution >= 0.6 is 0 Å². The first kappa shape index (κ1) is 14.1. The Bertz CT molecular complexity index is 849. The second kappa shape index (κ2) is 5.57. The lowest BCUT2D eigenvalue weighted by Crippen LogP contribution is -2.21. The number of hydrogen-bond acceptors (Lipinski definition) is 4. The summed E-state index contributed by atoms with van der Waals surface area (Å²) in [5.74, 6) is 1.97. The van der Waals surface area contributed by atoms with Gasteiger partial charge in [-0.25, -0.2) is 4.98 Å². The van der Waals surface area contributed by atoms with Crippen LogP contribution in [0.2, 0.25) is 0 Å². The predicted octanol–water partition coefficient (Wildman–Crippen LogP) is 3.31. The normalized spacial score (nSPS) is 14.6. The zero-order valence-electron chi connectivity index (χ0n) is 13.5. The summed E-state index contributed by atoms with van der Waals surface area (Å²) in [4.78, 5) is 7.03. The molecule has 118 valence electrons. The van der Waals surface area contributed by atoms with Crippen LogP contribution in [0, 0.1) is 6.92 Å². The van der Waals surface area contributed by atoms with Crippen LogP contribution < -0.4 is 9.64 Å². The van der Waals surface area contributed by atoms with Gasteiger partial charge in [-0.15, -0.1) is 0 Å². The molecule has 4 rings (SSSR count). The summed E-state index contributed by atoms with van der Waals surface area (Å²) < 4.78 is 7.28. The molecule has 1 aliphatic rings. The maximum Gasteiger partial charge on any atom is 0.158 e. The fourth-order valence-corrected chi connectivity index (χ4v) is 3.18. The number of aromatic nitrogens is 3. The molecule has 0 bridgehead atoms. The van der Waals surface area contributed by atoms with E-state index in [2.05, 4.69) is 16.0 Å². The van der Waals surface area contributed by atoms with Gasteiger partial charge in [0.1, 0.15) is 11.6 Å². The molecule has 1 fully saturated rings. The van der Waals surface area contributed by atoms with Gasteiger partial charge in [-0.2, -0.15) is 9.61 Å². The largest absolute Gasteiger partial charge is 0.497 e. The van der Waals surface area contributed by atoms with E-state index in [4.69, 9.17) is 9.84 Å². The zero-order chi connectivity index (χ0) is 15.8. The lowest BCUT2D eigenvalue weighted by atomic mass is 10.1. The molecule has 1 aliphatic heterocycles. The lowest BCUT2D eigenvalue weighted by Gasteiger charge is -2.18. The van der Waals surface area contributed by atoms with Crippen LogP contribution in [-0.4, -0.2) is 34.8 Å². The van der Waals surface area contributed by atoms with Crippen LogP contribution in [0.1, 0.15) is 18.5 Å². The third-order valence-electron chi connectivity index (χ3n) is 4.33. The average Bonchev–Trinajstić information content (AvgIpc) is 3.23. The van der Waals surface area contributed by atoms with Gasteiger partial charge in [-0.3, -0.25) is 0 Å². The topological polar surface area (TPSA) is 42.7 Å². The van der Waals surface area contributed by atoms with Crippen LogP contribution in [0.5, 0.6) is 5.75 Å². The molecule has 0 spiro atoms. The molecule has 0 amide bonds. The molecule has 0 N–H and O–H groups in total. The Hall–Kier alpha value is -2.56. The number of nitrogens with zero attached hydrogens (tertiary/aromatic N) is 4. The van der Waals surface area contributed by atoms with E-state index in [1.165, 1.54) is 12.8 Å². The van der Waals surface area contributed by atoms with E-state index in [9.17, 15) is 0 Å². The summed E-state index contributed by atoms with van der Waals surface area (Å²) in [7, 11) is 1.68. The average molecular weight is 308 g/mol. The Morgan fingerprint density at radius 3 is 2.70 bits per heavy atom. The van der Waals surface area contributed by atoms with Crippen molar-refractivity contribution in [3.05, 3.63) is 42.1 Å². The van der Waals surface area contributed by atoms with Gasteiger partial charge in [-0.1, -0.05) is 12.1 Å². The number of fused-ring (bicyclic) bond motifs is 1. The van der Waals surface area contributed by atoms with Gasteiger partial charge in [-0.05, 0) is 31.9 Å². The minimum Gasteiger partial charge on any atom is -0.497 e. The number of anilines is 1. The molecule has 1 aromatic carbocycles. The van der Waals surface area contributed by atoms with Gasteiger partial charge in [0.2, 0.25) is 0 Å². The summed E-state index contributed by atoms with van der Waals surface area (Å²) in [5, 5.41) is 4.80. The van der Waals surface area contributed by atoms with Gasteiger partial charge >= 0.3 is 0 Å². The molecule has 3 heterocycles. The maximum atomic E-state index is 5.32. The molecule has 0 aliphatic carbocycles. The highest BCUT2D eigenvalue weighted by Gasteiger charge is 2.18. The van der Waals surface area contributed by atoms with Gasteiger partial charge in [0, 0.05) is 36.5 Å². The quantitative estimate of drug-likeness (QED) is 0.744. The monoisotopic (exact) mass is 308 g/mol. The number of rotatable bonds is 3. The molecular formula is C18H20N4O. The second-order valence-electron chi connectivity index (χ2n) is 5.98. The van der Waals surface area contributed by atoms with Crippen molar-refractivity contribution in [2.75, 3.05) is 25.1 Å². The third-order valence-corrected chi connectivity index (χ3v) is 4.33. The first-order valence-electron chi connectivity index (χ1n) is 8.01. The maximum absolute atomic E-state index is 5.32. The van der Waals surface area contributed by atoms with E-state index in [1.807, 2.05) is 41.8 Å². The van der Waals surface area contributed by atoms with Crippen molar-refractivity contribution in [3.63, 3.8) is 0 Å². The van der Waals surface area contributed by atoms with Gasteiger partial charge in [0.15, 0.2) is 5.65 Å². The molecule has 0 saturated carbocycles. The summed E-state index contributed by atoms with van der Waals surface area (Å²) in [5.41, 5.74) is 3.88. The van der Waals surface area contributed by atoms with Crippen molar-refractivity contribution in [1.29, 1.82) is 0 Å². The highest BCUT2D eigenvalue weighted by molar-refractivity contribution is 5.67. The van der Waals surface area contributed by atoms with Gasteiger partial charge in [0.05, 0.1) is 12.8 Å². The van der Waals surface area contributed by atoms with Crippen LogP contribution in [-0.2, 0) is 0 Å². The molecular weight excluding hydrogens is 288 g/mol. The van der Waals surface area contributed by atoms with Gasteiger partial charge in [0.25, 0.3) is 0 Å². The van der Waals surface area contributed by atoms with E-state index in [0.717, 1.165) is 47.3 Å². The van der Waals surface area contributed by atoms with Crippen molar-refractivity contribution in [2.24, 2.45) is 0 Å². The number of hydrogen-bond donors (Lipinski definition) is 0. The van der Waals surface area contributed by atoms with Crippen LogP contribution in [0.4, 0.5) is 5.82 Å². The molecule has 0 unspecified atom stereocenters.